The molecule has 0 bridgehead atoms. The number of carboxylic acids is 1. The number of Topliss-reactive ketones (excluding diaryl/α,β-unsaturated/α-hetero) is 1. The number of halogens is 1. The largest absolute Gasteiger partial charge is 0.497 e. The fraction of sp³-hybridized carbons (Fsp3) is 0.207. The SMILES string of the molecule is COc1cccc(C2CC(=O)N(c3ccc(Cl)c(C(=O)O)c3)C3=C2C(=O)CC(c2ccccc2)C3)c1. The number of hydrogen-bond donors (Lipinski definition) is 1. The van der Waals surface area contributed by atoms with Crippen LogP contribution in [0.15, 0.2) is 84.1 Å². The lowest BCUT2D eigenvalue weighted by Gasteiger charge is -2.40. The highest BCUT2D eigenvalue weighted by molar-refractivity contribution is 6.33. The quantitative estimate of drug-likeness (QED) is 0.465. The van der Waals surface area contributed by atoms with Crippen molar-refractivity contribution in [3.05, 3.63) is 106 Å². The minimum Gasteiger partial charge on any atom is -0.497 e. The second kappa shape index (κ2) is 9.63. The van der Waals surface area contributed by atoms with Crippen molar-refractivity contribution in [2.75, 3.05) is 12.0 Å². The Morgan fingerprint density at radius 1 is 0.944 bits per heavy atom. The molecule has 1 heterocycles. The third-order valence-corrected chi connectivity index (χ3v) is 7.26. The van der Waals surface area contributed by atoms with E-state index in [4.69, 9.17) is 16.3 Å². The Bertz CT molecular complexity index is 1400. The van der Waals surface area contributed by atoms with E-state index in [-0.39, 0.29) is 34.6 Å². The van der Waals surface area contributed by atoms with Crippen LogP contribution in [0.3, 0.4) is 0 Å². The van der Waals surface area contributed by atoms with Gasteiger partial charge in [0.05, 0.1) is 17.7 Å². The molecule has 0 saturated carbocycles. The summed E-state index contributed by atoms with van der Waals surface area (Å²) in [4.78, 5) is 40.7. The normalized spacial score (nSPS) is 19.8. The van der Waals surface area contributed by atoms with Crippen LogP contribution in [0.5, 0.6) is 5.75 Å². The van der Waals surface area contributed by atoms with Crippen molar-refractivity contribution >= 4 is 34.9 Å². The molecule has 3 aromatic rings. The number of ether oxygens (including phenoxy) is 1. The number of carbonyl (C=O) groups is 3. The molecular weight excluding hydrogens is 478 g/mol. The number of allylic oxidation sites excluding steroid dienone is 2. The summed E-state index contributed by atoms with van der Waals surface area (Å²) in [5.74, 6) is -1.25. The molecule has 3 aromatic carbocycles. The van der Waals surface area contributed by atoms with Gasteiger partial charge < -0.3 is 9.84 Å². The van der Waals surface area contributed by atoms with E-state index in [2.05, 4.69) is 0 Å². The number of amides is 1. The first-order chi connectivity index (χ1) is 17.4. The van der Waals surface area contributed by atoms with Crippen molar-refractivity contribution in [2.24, 2.45) is 0 Å². The van der Waals surface area contributed by atoms with E-state index in [0.717, 1.165) is 11.1 Å². The van der Waals surface area contributed by atoms with Gasteiger partial charge in [-0.25, -0.2) is 4.79 Å². The summed E-state index contributed by atoms with van der Waals surface area (Å²) in [5.41, 5.74) is 3.37. The Morgan fingerprint density at radius 3 is 2.42 bits per heavy atom. The molecule has 1 aliphatic heterocycles. The van der Waals surface area contributed by atoms with E-state index in [1.54, 1.807) is 13.2 Å². The summed E-state index contributed by atoms with van der Waals surface area (Å²) < 4.78 is 5.38. The van der Waals surface area contributed by atoms with Crippen LogP contribution >= 0.6 is 11.6 Å². The van der Waals surface area contributed by atoms with Gasteiger partial charge in [-0.1, -0.05) is 54.1 Å². The molecule has 7 heteroatoms. The number of aromatic carboxylic acids is 1. The van der Waals surface area contributed by atoms with Crippen LogP contribution in [0.1, 0.15) is 52.6 Å². The number of carbonyl (C=O) groups excluding carboxylic acids is 2. The monoisotopic (exact) mass is 501 g/mol. The highest BCUT2D eigenvalue weighted by Crippen LogP contribution is 2.47. The number of hydrogen-bond acceptors (Lipinski definition) is 4. The Labute approximate surface area is 213 Å². The zero-order chi connectivity index (χ0) is 25.4. The third-order valence-electron chi connectivity index (χ3n) is 6.94. The van der Waals surface area contributed by atoms with Gasteiger partial charge in [-0.15, -0.1) is 0 Å². The molecule has 0 radical (unpaired) electrons. The predicted molar refractivity (Wildman–Crippen MR) is 137 cm³/mol. The molecule has 2 atom stereocenters. The Balaban J connectivity index is 1.67. The van der Waals surface area contributed by atoms with Gasteiger partial charge >= 0.3 is 5.97 Å². The molecule has 6 nitrogen and oxygen atoms in total. The van der Waals surface area contributed by atoms with Crippen LogP contribution in [0.4, 0.5) is 5.69 Å². The molecule has 182 valence electrons. The molecule has 1 N–H and O–H groups in total. The number of carboxylic acid groups (broad SMARTS) is 1. The van der Waals surface area contributed by atoms with Crippen molar-refractivity contribution in [3.63, 3.8) is 0 Å². The molecule has 5 rings (SSSR count). The first-order valence-electron chi connectivity index (χ1n) is 11.7. The zero-order valence-electron chi connectivity index (χ0n) is 19.6. The smallest absolute Gasteiger partial charge is 0.337 e. The second-order valence-electron chi connectivity index (χ2n) is 9.03. The average molecular weight is 502 g/mol. The summed E-state index contributed by atoms with van der Waals surface area (Å²) in [6.45, 7) is 0. The van der Waals surface area contributed by atoms with Gasteiger partial charge in [0, 0.05) is 35.7 Å². The van der Waals surface area contributed by atoms with Crippen LogP contribution in [-0.2, 0) is 9.59 Å². The molecule has 0 spiro atoms. The number of anilines is 1. The maximum atomic E-state index is 13.7. The van der Waals surface area contributed by atoms with Crippen LogP contribution in [-0.4, -0.2) is 29.9 Å². The van der Waals surface area contributed by atoms with Gasteiger partial charge in [0.2, 0.25) is 5.91 Å². The molecular formula is C29H24ClNO5. The number of methoxy groups -OCH3 is 1. The van der Waals surface area contributed by atoms with Gasteiger partial charge in [-0.2, -0.15) is 0 Å². The molecule has 0 fully saturated rings. The first-order valence-corrected chi connectivity index (χ1v) is 12.1. The fourth-order valence-corrected chi connectivity index (χ4v) is 5.45. The molecule has 0 aromatic heterocycles. The lowest BCUT2D eigenvalue weighted by molar-refractivity contribution is -0.120. The van der Waals surface area contributed by atoms with E-state index in [0.29, 0.717) is 35.5 Å². The molecule has 0 saturated heterocycles. The number of nitrogens with zero attached hydrogens (tertiary/aromatic N) is 1. The summed E-state index contributed by atoms with van der Waals surface area (Å²) in [7, 11) is 1.58. The summed E-state index contributed by atoms with van der Waals surface area (Å²) >= 11 is 6.10. The molecule has 1 amide bonds. The zero-order valence-corrected chi connectivity index (χ0v) is 20.4. The van der Waals surface area contributed by atoms with E-state index in [1.165, 1.54) is 17.0 Å². The van der Waals surface area contributed by atoms with Gasteiger partial charge in [0.15, 0.2) is 5.78 Å². The lowest BCUT2D eigenvalue weighted by Crippen LogP contribution is -2.41. The van der Waals surface area contributed by atoms with E-state index in [1.807, 2.05) is 54.6 Å². The minimum absolute atomic E-state index is 0.0113. The molecule has 2 unspecified atom stereocenters. The summed E-state index contributed by atoms with van der Waals surface area (Å²) in [6.07, 6.45) is 0.896. The number of rotatable bonds is 5. The minimum atomic E-state index is -1.18. The van der Waals surface area contributed by atoms with Gasteiger partial charge in [0.25, 0.3) is 0 Å². The van der Waals surface area contributed by atoms with Crippen LogP contribution in [0.2, 0.25) is 5.02 Å². The van der Waals surface area contributed by atoms with Crippen molar-refractivity contribution < 1.29 is 24.2 Å². The lowest BCUT2D eigenvalue weighted by atomic mass is 9.72. The second-order valence-corrected chi connectivity index (χ2v) is 9.44. The first kappa shape index (κ1) is 23.8. The molecule has 36 heavy (non-hydrogen) atoms. The highest BCUT2D eigenvalue weighted by Gasteiger charge is 2.42. The fourth-order valence-electron chi connectivity index (χ4n) is 5.26. The van der Waals surface area contributed by atoms with Crippen molar-refractivity contribution in [1.29, 1.82) is 0 Å². The highest BCUT2D eigenvalue weighted by atomic mass is 35.5. The van der Waals surface area contributed by atoms with Gasteiger partial charge in [0.1, 0.15) is 5.75 Å². The molecule has 1 aliphatic carbocycles. The standard InChI is InChI=1S/C29H24ClNO5/c1-36-21-9-5-8-18(12-21)22-16-27(33)31(20-10-11-24(30)23(15-20)29(34)35)25-13-19(14-26(32)28(22)25)17-6-3-2-4-7-17/h2-12,15,19,22H,13-14,16H2,1H3,(H,34,35). The summed E-state index contributed by atoms with van der Waals surface area (Å²) in [5, 5.41) is 9.68. The van der Waals surface area contributed by atoms with Gasteiger partial charge in [-0.05, 0) is 53.8 Å². The van der Waals surface area contributed by atoms with E-state index < -0.39 is 11.9 Å². The Kier molecular flexibility index (Phi) is 6.37. The van der Waals surface area contributed by atoms with Crippen LogP contribution < -0.4 is 9.64 Å². The van der Waals surface area contributed by atoms with Crippen LogP contribution in [0, 0.1) is 0 Å². The van der Waals surface area contributed by atoms with E-state index >= 15 is 0 Å². The Morgan fingerprint density at radius 2 is 1.69 bits per heavy atom. The maximum Gasteiger partial charge on any atom is 0.337 e. The summed E-state index contributed by atoms with van der Waals surface area (Å²) in [6, 6.07) is 21.7. The average Bonchev–Trinajstić information content (AvgIpc) is 2.89. The Hall–Kier alpha value is -3.90. The van der Waals surface area contributed by atoms with Crippen molar-refractivity contribution in [2.45, 2.75) is 31.1 Å². The van der Waals surface area contributed by atoms with Crippen molar-refractivity contribution in [3.8, 4) is 5.75 Å². The maximum absolute atomic E-state index is 13.7. The predicted octanol–water partition coefficient (Wildman–Crippen LogP) is 5.97. The van der Waals surface area contributed by atoms with Crippen molar-refractivity contribution in [1.82, 2.24) is 0 Å². The number of ketones is 1. The molecule has 2 aliphatic rings. The van der Waals surface area contributed by atoms with Crippen LogP contribution in [0.25, 0.3) is 0 Å². The third kappa shape index (κ3) is 4.29. The number of benzene rings is 3. The van der Waals surface area contributed by atoms with E-state index in [9.17, 15) is 19.5 Å². The van der Waals surface area contributed by atoms with Gasteiger partial charge in [-0.3, -0.25) is 14.5 Å². The topological polar surface area (TPSA) is 83.9 Å².